The van der Waals surface area contributed by atoms with Gasteiger partial charge in [0.05, 0.1) is 6.10 Å². The minimum atomic E-state index is -0.244. The minimum absolute atomic E-state index is 0.165. The fourth-order valence-electron chi connectivity index (χ4n) is 1.96. The molecule has 0 bridgehead atoms. The molecule has 0 radical (unpaired) electrons. The van der Waals surface area contributed by atoms with Crippen molar-refractivity contribution < 1.29 is 9.63 Å². The average molecular weight is 272 g/mol. The Kier molecular flexibility index (Phi) is 3.47. The van der Waals surface area contributed by atoms with Gasteiger partial charge in [-0.1, -0.05) is 12.1 Å². The number of benzene rings is 1. The second-order valence-corrected chi connectivity index (χ2v) is 4.93. The van der Waals surface area contributed by atoms with Crippen LogP contribution in [0.25, 0.3) is 11.4 Å². The fourth-order valence-corrected chi connectivity index (χ4v) is 1.96. The molecule has 0 saturated heterocycles. The second kappa shape index (κ2) is 5.42. The molecule has 2 N–H and O–H groups in total. The largest absolute Gasteiger partial charge is 0.274 e. The van der Waals surface area contributed by atoms with Gasteiger partial charge in [0.25, 0.3) is 5.91 Å². The molecule has 1 fully saturated rings. The first kappa shape index (κ1) is 12.8. The number of aromatic nitrogens is 3. The standard InChI is InChI=1S/C14H16N4O2/c1-9-15-13(17-16-9)10-4-2-5-11(8-10)14(19)18-20-12-6-3-7-12/h2,4-5,8,12H,3,6-7H2,1H3,(H,18,19)(H,15,16,17). The number of hydroxylamine groups is 1. The van der Waals surface area contributed by atoms with Crippen LogP contribution >= 0.6 is 0 Å². The highest BCUT2D eigenvalue weighted by atomic mass is 16.7. The van der Waals surface area contributed by atoms with Gasteiger partial charge in [0.15, 0.2) is 5.82 Å². The summed E-state index contributed by atoms with van der Waals surface area (Å²) < 4.78 is 0. The molecule has 1 aromatic carbocycles. The number of nitrogens with zero attached hydrogens (tertiary/aromatic N) is 2. The highest BCUT2D eigenvalue weighted by Crippen LogP contribution is 2.21. The van der Waals surface area contributed by atoms with E-state index in [1.54, 1.807) is 18.2 Å². The maximum absolute atomic E-state index is 12.0. The molecule has 1 amide bonds. The number of carbonyl (C=O) groups is 1. The van der Waals surface area contributed by atoms with Crippen molar-refractivity contribution in [1.29, 1.82) is 0 Å². The SMILES string of the molecule is Cc1nc(-c2cccc(C(=O)NOC3CCC3)c2)n[nH]1. The first-order chi connectivity index (χ1) is 9.72. The molecule has 1 saturated carbocycles. The maximum atomic E-state index is 12.0. The molecule has 20 heavy (non-hydrogen) atoms. The number of hydrogen-bond acceptors (Lipinski definition) is 4. The zero-order valence-electron chi connectivity index (χ0n) is 11.2. The summed E-state index contributed by atoms with van der Waals surface area (Å²) in [5.41, 5.74) is 3.83. The number of nitrogens with one attached hydrogen (secondary N) is 2. The van der Waals surface area contributed by atoms with Crippen LogP contribution in [0.15, 0.2) is 24.3 Å². The molecular formula is C14H16N4O2. The number of carbonyl (C=O) groups excluding carboxylic acids is 1. The maximum Gasteiger partial charge on any atom is 0.274 e. The van der Waals surface area contributed by atoms with Gasteiger partial charge in [-0.25, -0.2) is 10.5 Å². The number of aryl methyl sites for hydroxylation is 1. The van der Waals surface area contributed by atoms with E-state index in [4.69, 9.17) is 4.84 Å². The van der Waals surface area contributed by atoms with Crippen molar-refractivity contribution in [2.75, 3.05) is 0 Å². The van der Waals surface area contributed by atoms with E-state index in [0.29, 0.717) is 11.4 Å². The van der Waals surface area contributed by atoms with Gasteiger partial charge in [0.2, 0.25) is 0 Å². The van der Waals surface area contributed by atoms with Crippen LogP contribution in [-0.2, 0) is 4.84 Å². The molecule has 2 aromatic rings. The lowest BCUT2D eigenvalue weighted by molar-refractivity contribution is -0.0507. The predicted molar refractivity (Wildman–Crippen MR) is 72.7 cm³/mol. The average Bonchev–Trinajstić information content (AvgIpc) is 2.84. The van der Waals surface area contributed by atoms with Gasteiger partial charge < -0.3 is 0 Å². The van der Waals surface area contributed by atoms with E-state index in [1.165, 1.54) is 6.42 Å². The Morgan fingerprint density at radius 3 is 2.95 bits per heavy atom. The van der Waals surface area contributed by atoms with Crippen LogP contribution in [0, 0.1) is 6.92 Å². The van der Waals surface area contributed by atoms with Crippen molar-refractivity contribution in [3.8, 4) is 11.4 Å². The summed E-state index contributed by atoms with van der Waals surface area (Å²) in [5.74, 6) is 1.08. The lowest BCUT2D eigenvalue weighted by Crippen LogP contribution is -2.33. The lowest BCUT2D eigenvalue weighted by atomic mass is 9.97. The second-order valence-electron chi connectivity index (χ2n) is 4.93. The Bertz CT molecular complexity index is 619. The zero-order chi connectivity index (χ0) is 13.9. The van der Waals surface area contributed by atoms with E-state index in [0.717, 1.165) is 24.2 Å². The number of rotatable bonds is 4. The highest BCUT2D eigenvalue weighted by Gasteiger charge is 2.19. The van der Waals surface area contributed by atoms with Gasteiger partial charge in [0, 0.05) is 11.1 Å². The van der Waals surface area contributed by atoms with Crippen LogP contribution < -0.4 is 5.48 Å². The van der Waals surface area contributed by atoms with E-state index < -0.39 is 0 Å². The van der Waals surface area contributed by atoms with E-state index in [9.17, 15) is 4.79 Å². The molecule has 3 rings (SSSR count). The third-order valence-electron chi connectivity index (χ3n) is 3.35. The number of H-pyrrole nitrogens is 1. The fraction of sp³-hybridized carbons (Fsp3) is 0.357. The number of aromatic amines is 1. The Labute approximate surface area is 116 Å². The summed E-state index contributed by atoms with van der Waals surface area (Å²) in [7, 11) is 0. The van der Waals surface area contributed by atoms with Crippen LogP contribution in [0.4, 0.5) is 0 Å². The van der Waals surface area contributed by atoms with Gasteiger partial charge in [-0.15, -0.1) is 0 Å². The number of hydrogen-bond donors (Lipinski definition) is 2. The van der Waals surface area contributed by atoms with Gasteiger partial charge >= 0.3 is 0 Å². The Hall–Kier alpha value is -2.21. The van der Waals surface area contributed by atoms with Gasteiger partial charge in [-0.3, -0.25) is 14.7 Å². The Balaban J connectivity index is 1.71. The summed E-state index contributed by atoms with van der Waals surface area (Å²) in [6, 6.07) is 7.16. The summed E-state index contributed by atoms with van der Waals surface area (Å²) in [6.07, 6.45) is 3.35. The molecule has 1 aliphatic rings. The molecule has 1 aliphatic carbocycles. The smallest absolute Gasteiger partial charge is 0.270 e. The molecule has 0 unspecified atom stereocenters. The van der Waals surface area contributed by atoms with Crippen LogP contribution in [0.1, 0.15) is 35.4 Å². The van der Waals surface area contributed by atoms with Crippen molar-refractivity contribution in [2.45, 2.75) is 32.3 Å². The quantitative estimate of drug-likeness (QED) is 0.834. The molecule has 6 nitrogen and oxygen atoms in total. The minimum Gasteiger partial charge on any atom is -0.270 e. The third-order valence-corrected chi connectivity index (χ3v) is 3.35. The van der Waals surface area contributed by atoms with Crippen molar-refractivity contribution in [2.24, 2.45) is 0 Å². The van der Waals surface area contributed by atoms with Crippen LogP contribution in [-0.4, -0.2) is 27.2 Å². The van der Waals surface area contributed by atoms with Crippen molar-refractivity contribution in [3.63, 3.8) is 0 Å². The summed E-state index contributed by atoms with van der Waals surface area (Å²) in [6.45, 7) is 1.83. The summed E-state index contributed by atoms with van der Waals surface area (Å²) in [5, 5.41) is 6.87. The normalized spacial score (nSPS) is 14.8. The van der Waals surface area contributed by atoms with E-state index in [-0.39, 0.29) is 12.0 Å². The molecule has 104 valence electrons. The topological polar surface area (TPSA) is 79.9 Å². The molecule has 1 heterocycles. The van der Waals surface area contributed by atoms with Gasteiger partial charge in [0.1, 0.15) is 5.82 Å². The molecule has 6 heteroatoms. The van der Waals surface area contributed by atoms with Gasteiger partial charge in [-0.05, 0) is 38.3 Å². The van der Waals surface area contributed by atoms with Crippen molar-refractivity contribution in [3.05, 3.63) is 35.7 Å². The molecule has 0 spiro atoms. The van der Waals surface area contributed by atoms with Crippen LogP contribution in [0.2, 0.25) is 0 Å². The van der Waals surface area contributed by atoms with E-state index in [2.05, 4.69) is 20.7 Å². The Morgan fingerprint density at radius 2 is 2.30 bits per heavy atom. The molecular weight excluding hydrogens is 256 g/mol. The van der Waals surface area contributed by atoms with Crippen LogP contribution in [0.3, 0.4) is 0 Å². The number of amides is 1. The van der Waals surface area contributed by atoms with Gasteiger partial charge in [-0.2, -0.15) is 5.10 Å². The summed E-state index contributed by atoms with van der Waals surface area (Å²) >= 11 is 0. The predicted octanol–water partition coefficient (Wildman–Crippen LogP) is 1.99. The van der Waals surface area contributed by atoms with E-state index >= 15 is 0 Å². The molecule has 0 aliphatic heterocycles. The van der Waals surface area contributed by atoms with Crippen molar-refractivity contribution >= 4 is 5.91 Å². The molecule has 1 aromatic heterocycles. The first-order valence-corrected chi connectivity index (χ1v) is 6.68. The zero-order valence-corrected chi connectivity index (χ0v) is 11.2. The first-order valence-electron chi connectivity index (χ1n) is 6.68. The third kappa shape index (κ3) is 2.70. The monoisotopic (exact) mass is 272 g/mol. The highest BCUT2D eigenvalue weighted by molar-refractivity contribution is 5.94. The van der Waals surface area contributed by atoms with E-state index in [1.807, 2.05) is 13.0 Å². The summed E-state index contributed by atoms with van der Waals surface area (Å²) in [4.78, 5) is 21.5. The van der Waals surface area contributed by atoms with Crippen molar-refractivity contribution in [1.82, 2.24) is 20.7 Å². The van der Waals surface area contributed by atoms with Crippen LogP contribution in [0.5, 0.6) is 0 Å². The Morgan fingerprint density at radius 1 is 1.45 bits per heavy atom. The molecule has 0 atom stereocenters. The lowest BCUT2D eigenvalue weighted by Gasteiger charge is -2.24.